The molecule has 3 aromatic rings. The average Bonchev–Trinajstić information content (AvgIpc) is 2.94. The highest BCUT2D eigenvalue weighted by atomic mass is 79.9. The fourth-order valence-corrected chi connectivity index (χ4v) is 2.05. The lowest BCUT2D eigenvalue weighted by Gasteiger charge is -2.04. The van der Waals surface area contributed by atoms with Crippen LogP contribution in [0.4, 0.5) is 0 Å². The normalized spacial score (nSPS) is 10.5. The Morgan fingerprint density at radius 2 is 1.44 bits per heavy atom. The van der Waals surface area contributed by atoms with E-state index >= 15 is 0 Å². The molecule has 18 heavy (non-hydrogen) atoms. The predicted molar refractivity (Wildman–Crippen MR) is 74.5 cm³/mol. The molecule has 1 aromatic heterocycles. The van der Waals surface area contributed by atoms with E-state index in [1.807, 2.05) is 24.3 Å². The van der Waals surface area contributed by atoms with Crippen molar-refractivity contribution >= 4 is 15.9 Å². The third-order valence-electron chi connectivity index (χ3n) is 2.73. The van der Waals surface area contributed by atoms with Gasteiger partial charge in [-0.15, -0.1) is 0 Å². The zero-order valence-corrected chi connectivity index (χ0v) is 11.1. The molecule has 0 aliphatic heterocycles. The number of nitrogens with zero attached hydrogens (tertiary/aromatic N) is 3. The summed E-state index contributed by atoms with van der Waals surface area (Å²) in [5.41, 5.74) is 3.39. The minimum absolute atomic E-state index is 1.01. The molecule has 2 aromatic carbocycles. The van der Waals surface area contributed by atoms with E-state index in [-0.39, 0.29) is 0 Å². The van der Waals surface area contributed by atoms with Crippen molar-refractivity contribution in [2.75, 3.05) is 0 Å². The van der Waals surface area contributed by atoms with Crippen LogP contribution >= 0.6 is 15.9 Å². The summed E-state index contributed by atoms with van der Waals surface area (Å²) in [4.78, 5) is 3.94. The quantitative estimate of drug-likeness (QED) is 0.722. The van der Waals surface area contributed by atoms with Gasteiger partial charge in [0.05, 0.1) is 5.69 Å². The Bertz CT molecular complexity index is 628. The van der Waals surface area contributed by atoms with Crippen LogP contribution < -0.4 is 0 Å². The Morgan fingerprint density at radius 1 is 0.833 bits per heavy atom. The van der Waals surface area contributed by atoms with Gasteiger partial charge in [-0.3, -0.25) is 0 Å². The van der Waals surface area contributed by atoms with E-state index < -0.39 is 0 Å². The van der Waals surface area contributed by atoms with Crippen LogP contribution in [0.1, 0.15) is 0 Å². The summed E-state index contributed by atoms with van der Waals surface area (Å²) >= 11 is 3.44. The molecule has 0 amide bonds. The smallest absolute Gasteiger partial charge is 0.138 e. The van der Waals surface area contributed by atoms with Crippen LogP contribution in [0.5, 0.6) is 0 Å². The molecule has 88 valence electrons. The Balaban J connectivity index is 1.94. The first-order valence-electron chi connectivity index (χ1n) is 5.54. The average molecular weight is 300 g/mol. The largest absolute Gasteiger partial charge is 0.223 e. The van der Waals surface area contributed by atoms with Crippen molar-refractivity contribution in [3.05, 3.63) is 65.7 Å². The van der Waals surface area contributed by atoms with Gasteiger partial charge in [0.25, 0.3) is 0 Å². The Labute approximate surface area is 113 Å². The van der Waals surface area contributed by atoms with Crippen LogP contribution in [0.25, 0.3) is 16.8 Å². The third kappa shape index (κ3) is 2.19. The SMILES string of the molecule is Brc1ccc(-c2ccc(-n3cncn3)cc2)cc1. The third-order valence-corrected chi connectivity index (χ3v) is 3.26. The molecular formula is C14H10BrN3. The van der Waals surface area contributed by atoms with Gasteiger partial charge in [-0.1, -0.05) is 40.2 Å². The maximum atomic E-state index is 4.10. The van der Waals surface area contributed by atoms with Crippen molar-refractivity contribution in [1.29, 1.82) is 0 Å². The number of aromatic nitrogens is 3. The Kier molecular flexibility index (Phi) is 2.94. The zero-order chi connectivity index (χ0) is 12.4. The number of benzene rings is 2. The van der Waals surface area contributed by atoms with Crippen molar-refractivity contribution in [2.45, 2.75) is 0 Å². The molecule has 0 spiro atoms. The van der Waals surface area contributed by atoms with Crippen molar-refractivity contribution in [1.82, 2.24) is 14.8 Å². The monoisotopic (exact) mass is 299 g/mol. The first kappa shape index (κ1) is 11.2. The lowest BCUT2D eigenvalue weighted by atomic mass is 10.1. The van der Waals surface area contributed by atoms with E-state index in [0.717, 1.165) is 10.2 Å². The maximum Gasteiger partial charge on any atom is 0.138 e. The number of hydrogen-bond donors (Lipinski definition) is 0. The summed E-state index contributed by atoms with van der Waals surface area (Å²) in [6, 6.07) is 16.5. The second-order valence-corrected chi connectivity index (χ2v) is 4.81. The van der Waals surface area contributed by atoms with Crippen molar-refractivity contribution < 1.29 is 0 Å². The lowest BCUT2D eigenvalue weighted by Crippen LogP contribution is -1.93. The lowest BCUT2D eigenvalue weighted by molar-refractivity contribution is 0.879. The van der Waals surface area contributed by atoms with E-state index in [1.54, 1.807) is 11.0 Å². The van der Waals surface area contributed by atoms with Gasteiger partial charge in [0.15, 0.2) is 0 Å². The van der Waals surface area contributed by atoms with Crippen LogP contribution in [0.3, 0.4) is 0 Å². The first-order chi connectivity index (χ1) is 8.83. The fourth-order valence-electron chi connectivity index (χ4n) is 1.79. The Morgan fingerprint density at radius 3 is 2.00 bits per heavy atom. The molecule has 4 heteroatoms. The van der Waals surface area contributed by atoms with Gasteiger partial charge in [-0.05, 0) is 35.4 Å². The van der Waals surface area contributed by atoms with Gasteiger partial charge < -0.3 is 0 Å². The number of halogens is 1. The van der Waals surface area contributed by atoms with E-state index in [1.165, 1.54) is 17.5 Å². The highest BCUT2D eigenvalue weighted by Gasteiger charge is 1.99. The zero-order valence-electron chi connectivity index (χ0n) is 9.49. The minimum Gasteiger partial charge on any atom is -0.223 e. The summed E-state index contributed by atoms with van der Waals surface area (Å²) < 4.78 is 2.83. The summed E-state index contributed by atoms with van der Waals surface area (Å²) in [6.45, 7) is 0. The molecule has 3 rings (SSSR count). The second kappa shape index (κ2) is 4.74. The maximum absolute atomic E-state index is 4.10. The van der Waals surface area contributed by atoms with Crippen LogP contribution in [0.15, 0.2) is 65.7 Å². The topological polar surface area (TPSA) is 30.7 Å². The van der Waals surface area contributed by atoms with Crippen molar-refractivity contribution in [3.8, 4) is 16.8 Å². The molecule has 0 saturated carbocycles. The molecule has 0 bridgehead atoms. The number of rotatable bonds is 2. The molecule has 0 atom stereocenters. The van der Waals surface area contributed by atoms with Crippen molar-refractivity contribution in [3.63, 3.8) is 0 Å². The summed E-state index contributed by atoms with van der Waals surface area (Å²) in [7, 11) is 0. The molecule has 0 unspecified atom stereocenters. The minimum atomic E-state index is 1.01. The summed E-state index contributed by atoms with van der Waals surface area (Å²) in [5, 5.41) is 4.10. The molecule has 0 radical (unpaired) electrons. The van der Waals surface area contributed by atoms with Gasteiger partial charge in [0.1, 0.15) is 12.7 Å². The van der Waals surface area contributed by atoms with Gasteiger partial charge in [-0.2, -0.15) is 5.10 Å². The molecule has 0 aliphatic carbocycles. The molecule has 0 saturated heterocycles. The molecule has 1 heterocycles. The van der Waals surface area contributed by atoms with E-state index in [9.17, 15) is 0 Å². The van der Waals surface area contributed by atoms with Gasteiger partial charge in [0.2, 0.25) is 0 Å². The highest BCUT2D eigenvalue weighted by Crippen LogP contribution is 2.22. The van der Waals surface area contributed by atoms with E-state index in [4.69, 9.17) is 0 Å². The summed E-state index contributed by atoms with van der Waals surface area (Å²) in [5.74, 6) is 0. The second-order valence-electron chi connectivity index (χ2n) is 3.89. The highest BCUT2D eigenvalue weighted by molar-refractivity contribution is 9.10. The molecular weight excluding hydrogens is 290 g/mol. The van der Waals surface area contributed by atoms with Gasteiger partial charge in [-0.25, -0.2) is 9.67 Å². The van der Waals surface area contributed by atoms with Gasteiger partial charge in [0, 0.05) is 4.47 Å². The van der Waals surface area contributed by atoms with Crippen LogP contribution in [0, 0.1) is 0 Å². The fraction of sp³-hybridized carbons (Fsp3) is 0. The van der Waals surface area contributed by atoms with Crippen LogP contribution in [0.2, 0.25) is 0 Å². The Hall–Kier alpha value is -1.94. The summed E-state index contributed by atoms with van der Waals surface area (Å²) in [6.07, 6.45) is 3.22. The first-order valence-corrected chi connectivity index (χ1v) is 6.33. The standard InChI is InChI=1S/C14H10BrN3/c15-13-5-1-11(2-6-13)12-3-7-14(8-4-12)18-10-16-9-17-18/h1-10H. The van der Waals surface area contributed by atoms with E-state index in [2.05, 4.69) is 50.3 Å². The number of hydrogen-bond acceptors (Lipinski definition) is 2. The van der Waals surface area contributed by atoms with Gasteiger partial charge >= 0.3 is 0 Å². The molecule has 3 nitrogen and oxygen atoms in total. The van der Waals surface area contributed by atoms with Crippen molar-refractivity contribution in [2.24, 2.45) is 0 Å². The molecule has 0 aliphatic rings. The molecule has 0 fully saturated rings. The molecule has 0 N–H and O–H groups in total. The van der Waals surface area contributed by atoms with E-state index in [0.29, 0.717) is 0 Å². The van der Waals surface area contributed by atoms with Crippen LogP contribution in [-0.4, -0.2) is 14.8 Å². The van der Waals surface area contributed by atoms with Crippen LogP contribution in [-0.2, 0) is 0 Å². The predicted octanol–water partition coefficient (Wildman–Crippen LogP) is 3.70.